The second-order valence-electron chi connectivity index (χ2n) is 13.5. The summed E-state index contributed by atoms with van der Waals surface area (Å²) in [6.45, 7) is 23.3. The first-order valence-corrected chi connectivity index (χ1v) is 15.6. The van der Waals surface area contributed by atoms with E-state index in [9.17, 15) is 9.59 Å². The zero-order valence-electron chi connectivity index (χ0n) is 28.6. The highest BCUT2D eigenvalue weighted by Crippen LogP contribution is 2.44. The Hall–Kier alpha value is -3.52. The lowest BCUT2D eigenvalue weighted by Gasteiger charge is -2.38. The van der Waals surface area contributed by atoms with Crippen LogP contribution in [-0.2, 0) is 9.59 Å². The maximum absolute atomic E-state index is 12.4. The Morgan fingerprint density at radius 1 is 0.628 bits per heavy atom. The third kappa shape index (κ3) is 10.6. The molecule has 0 aromatic carbocycles. The van der Waals surface area contributed by atoms with Crippen molar-refractivity contribution in [1.29, 1.82) is 0 Å². The van der Waals surface area contributed by atoms with E-state index in [2.05, 4.69) is 147 Å². The molecular weight excluding hydrogens is 524 g/mol. The largest absolute Gasteiger partial charge is 0.295 e. The average Bonchev–Trinajstić information content (AvgIpc) is 2.92. The van der Waals surface area contributed by atoms with Gasteiger partial charge < -0.3 is 0 Å². The van der Waals surface area contributed by atoms with Crippen LogP contribution in [0.5, 0.6) is 0 Å². The van der Waals surface area contributed by atoms with Gasteiger partial charge in [0.25, 0.3) is 0 Å². The highest BCUT2D eigenvalue weighted by atomic mass is 16.1. The molecule has 2 aliphatic rings. The molecule has 2 nitrogen and oxygen atoms in total. The Bertz CT molecular complexity index is 1410. The van der Waals surface area contributed by atoms with E-state index in [1.165, 1.54) is 0 Å². The van der Waals surface area contributed by atoms with Crippen molar-refractivity contribution < 1.29 is 9.59 Å². The van der Waals surface area contributed by atoms with E-state index in [-0.39, 0.29) is 22.4 Å². The molecule has 1 atom stereocenters. The lowest BCUT2D eigenvalue weighted by atomic mass is 9.66. The van der Waals surface area contributed by atoms with Crippen LogP contribution in [0.4, 0.5) is 0 Å². The van der Waals surface area contributed by atoms with Crippen molar-refractivity contribution in [1.82, 2.24) is 0 Å². The number of rotatable bonds is 10. The molecule has 0 aliphatic heterocycles. The normalized spacial score (nSPS) is 23.1. The molecule has 1 unspecified atom stereocenters. The van der Waals surface area contributed by atoms with Gasteiger partial charge in [-0.2, -0.15) is 0 Å². The molecule has 0 saturated carbocycles. The Kier molecular flexibility index (Phi) is 13.1. The molecule has 0 heterocycles. The van der Waals surface area contributed by atoms with Gasteiger partial charge in [0.15, 0.2) is 11.6 Å². The Morgan fingerprint density at radius 3 is 1.56 bits per heavy atom. The molecule has 230 valence electrons. The monoisotopic (exact) mass is 578 g/mol. The highest BCUT2D eigenvalue weighted by Gasteiger charge is 2.36. The van der Waals surface area contributed by atoms with Gasteiger partial charge in [-0.05, 0) is 87.0 Å². The van der Waals surface area contributed by atoms with Crippen LogP contribution < -0.4 is 0 Å². The van der Waals surface area contributed by atoms with Crippen LogP contribution >= 0.6 is 0 Å². The molecule has 0 N–H and O–H groups in total. The molecule has 0 aromatic heterocycles. The Balaban J connectivity index is 1.94. The van der Waals surface area contributed by atoms with Gasteiger partial charge >= 0.3 is 0 Å². The summed E-state index contributed by atoms with van der Waals surface area (Å²) < 4.78 is 0. The van der Waals surface area contributed by atoms with Crippen molar-refractivity contribution in [3.63, 3.8) is 0 Å². The van der Waals surface area contributed by atoms with Crippen molar-refractivity contribution in [2.75, 3.05) is 0 Å². The first-order valence-electron chi connectivity index (χ1n) is 15.6. The molecule has 0 saturated heterocycles. The number of carbonyl (C=O) groups is 2. The van der Waals surface area contributed by atoms with Gasteiger partial charge in [-0.1, -0.05) is 142 Å². The second kappa shape index (κ2) is 15.8. The van der Waals surface area contributed by atoms with E-state index in [0.29, 0.717) is 18.8 Å². The van der Waals surface area contributed by atoms with Gasteiger partial charge in [0.1, 0.15) is 0 Å². The van der Waals surface area contributed by atoms with E-state index in [1.54, 1.807) is 0 Å². The van der Waals surface area contributed by atoms with E-state index in [0.717, 1.165) is 51.0 Å². The summed E-state index contributed by atoms with van der Waals surface area (Å²) in [7, 11) is 0. The standard InChI is InChI=1S/C41H54O2/c1-29(18-14-20-31(3)22-24-36-34(6)38(42)26-27-40(36,8)9)16-12-13-17-30(2)19-15-21-32(4)23-25-37-35(7)39(43)28-33(5)41(37,10)11/h12-25,33H,26-28H2,1-11H3/b13-12+,18-14+,19-15+,24-22+,25-23+,29-16+,30-17+,31-20+,32-21+. The number of allylic oxidation sites excluding steroid dienone is 22. The highest BCUT2D eigenvalue weighted by molar-refractivity contribution is 5.98. The van der Waals surface area contributed by atoms with E-state index < -0.39 is 0 Å². The molecule has 0 spiro atoms. The quantitative estimate of drug-likeness (QED) is 0.242. The SMILES string of the molecule is CC1=C(/C=C/C(C)=C/C=C/C(C)=C/C=C/C=C(C)/C=C/C=C(C)/C=C/C2=C(C)C(=O)CC(C)C2(C)C)C(C)(C)CCC1=O. The fourth-order valence-corrected chi connectivity index (χ4v) is 5.45. The zero-order valence-corrected chi connectivity index (χ0v) is 28.6. The number of hydrogen-bond acceptors (Lipinski definition) is 2. The van der Waals surface area contributed by atoms with Crippen LogP contribution in [0.25, 0.3) is 0 Å². The van der Waals surface area contributed by atoms with Crippen molar-refractivity contribution >= 4 is 11.6 Å². The van der Waals surface area contributed by atoms with Crippen molar-refractivity contribution in [2.45, 2.75) is 95.4 Å². The number of carbonyl (C=O) groups excluding carboxylic acids is 2. The predicted octanol–water partition coefficient (Wildman–Crippen LogP) is 11.2. The minimum Gasteiger partial charge on any atom is -0.295 e. The van der Waals surface area contributed by atoms with Crippen LogP contribution in [-0.4, -0.2) is 11.6 Å². The van der Waals surface area contributed by atoms with Gasteiger partial charge in [-0.3, -0.25) is 9.59 Å². The summed E-state index contributed by atoms with van der Waals surface area (Å²) >= 11 is 0. The molecule has 2 heteroatoms. The van der Waals surface area contributed by atoms with Crippen molar-refractivity contribution in [3.8, 4) is 0 Å². The summed E-state index contributed by atoms with van der Waals surface area (Å²) in [6, 6.07) is 0. The minimum atomic E-state index is -0.00125. The molecular formula is C41H54O2. The fraction of sp³-hybridized carbons (Fsp3) is 0.415. The molecule has 2 aliphatic carbocycles. The van der Waals surface area contributed by atoms with Gasteiger partial charge in [0.2, 0.25) is 0 Å². The lowest BCUT2D eigenvalue weighted by molar-refractivity contribution is -0.118. The Labute approximate surface area is 262 Å². The van der Waals surface area contributed by atoms with Gasteiger partial charge in [0.05, 0.1) is 0 Å². The average molecular weight is 579 g/mol. The van der Waals surface area contributed by atoms with Crippen molar-refractivity contribution in [2.24, 2.45) is 16.7 Å². The van der Waals surface area contributed by atoms with Crippen LogP contribution in [0.2, 0.25) is 0 Å². The third-order valence-electron chi connectivity index (χ3n) is 9.06. The summed E-state index contributed by atoms with van der Waals surface area (Å²) in [5.41, 5.74) is 8.77. The van der Waals surface area contributed by atoms with Crippen LogP contribution in [0.1, 0.15) is 95.4 Å². The van der Waals surface area contributed by atoms with Gasteiger partial charge in [-0.25, -0.2) is 0 Å². The smallest absolute Gasteiger partial charge is 0.159 e. The molecule has 0 bridgehead atoms. The molecule has 0 radical (unpaired) electrons. The van der Waals surface area contributed by atoms with Gasteiger partial charge in [-0.15, -0.1) is 0 Å². The molecule has 0 fully saturated rings. The van der Waals surface area contributed by atoms with E-state index in [1.807, 2.05) is 13.8 Å². The van der Waals surface area contributed by atoms with E-state index >= 15 is 0 Å². The molecule has 0 amide bonds. The summed E-state index contributed by atoms with van der Waals surface area (Å²) in [4.78, 5) is 24.5. The maximum atomic E-state index is 12.4. The topological polar surface area (TPSA) is 34.1 Å². The van der Waals surface area contributed by atoms with Gasteiger partial charge in [0, 0.05) is 12.8 Å². The van der Waals surface area contributed by atoms with Crippen LogP contribution in [0, 0.1) is 16.7 Å². The van der Waals surface area contributed by atoms with Crippen LogP contribution in [0.3, 0.4) is 0 Å². The fourth-order valence-electron chi connectivity index (χ4n) is 5.45. The Morgan fingerprint density at radius 2 is 1.05 bits per heavy atom. The molecule has 0 aromatic rings. The minimum absolute atomic E-state index is 0.00125. The lowest BCUT2D eigenvalue weighted by Crippen LogP contribution is -2.32. The first kappa shape index (κ1) is 35.7. The summed E-state index contributed by atoms with van der Waals surface area (Å²) in [6.07, 6.45) is 31.5. The van der Waals surface area contributed by atoms with Crippen LogP contribution in [0.15, 0.2) is 130 Å². The summed E-state index contributed by atoms with van der Waals surface area (Å²) in [5, 5.41) is 0. The number of Topliss-reactive ketones (excluding diaryl/α,β-unsaturated/α-hetero) is 2. The predicted molar refractivity (Wildman–Crippen MR) is 187 cm³/mol. The molecule has 43 heavy (non-hydrogen) atoms. The molecule has 2 rings (SSSR count). The number of ketones is 2. The van der Waals surface area contributed by atoms with E-state index in [4.69, 9.17) is 0 Å². The zero-order chi connectivity index (χ0) is 32.4. The maximum Gasteiger partial charge on any atom is 0.159 e. The third-order valence-corrected chi connectivity index (χ3v) is 9.06. The summed E-state index contributed by atoms with van der Waals surface area (Å²) in [5.74, 6) is 0.880. The number of hydrogen-bond donors (Lipinski definition) is 0. The van der Waals surface area contributed by atoms with Crippen molar-refractivity contribution in [3.05, 3.63) is 130 Å². The first-order chi connectivity index (χ1) is 20.1. The second-order valence-corrected chi connectivity index (χ2v) is 13.5.